The zero-order chi connectivity index (χ0) is 8.08. The van der Waals surface area contributed by atoms with Crippen LogP contribution < -0.4 is 59.1 Å². The molecule has 0 unspecified atom stereocenters. The first-order valence-corrected chi connectivity index (χ1v) is 3.50. The number of hydrogen-bond acceptors (Lipinski definition) is 7. The molecule has 0 aliphatic rings. The van der Waals surface area contributed by atoms with E-state index in [1.165, 1.54) is 0 Å². The molecule has 7 nitrogen and oxygen atoms in total. The van der Waals surface area contributed by atoms with Crippen LogP contribution in [0.25, 0.3) is 0 Å². The predicted molar refractivity (Wildman–Crippen MR) is 20.2 cm³/mol. The molecule has 0 aromatic heterocycles. The average Bonchev–Trinajstić information content (AvgIpc) is 1.19. The SMILES string of the molecule is O=S(=O)([O-])[O-].O=S(=O)=O.[Na+].[Na+]. The van der Waals surface area contributed by atoms with Crippen LogP contribution in [-0.2, 0) is 21.0 Å². The van der Waals surface area contributed by atoms with E-state index >= 15 is 0 Å². The molecule has 0 rings (SSSR count). The van der Waals surface area contributed by atoms with Crippen molar-refractivity contribution in [2.24, 2.45) is 0 Å². The van der Waals surface area contributed by atoms with E-state index in [0.717, 1.165) is 0 Å². The molecule has 0 amide bonds. The summed E-state index contributed by atoms with van der Waals surface area (Å²) in [5, 5.41) is 0. The molecule has 0 aromatic carbocycles. The standard InChI is InChI=1S/2Na.H2O4S.O3S/c;;1-5(2,3)4;1-4(2)3/h;;(H2,1,2,3,4);/q2*+1;;/p-2. The van der Waals surface area contributed by atoms with E-state index in [2.05, 4.69) is 0 Å². The molecular formula is Na2O7S2. The first-order valence-electron chi connectivity index (χ1n) is 1.17. The van der Waals surface area contributed by atoms with Crippen LogP contribution in [0.4, 0.5) is 0 Å². The molecule has 11 heteroatoms. The van der Waals surface area contributed by atoms with Crippen molar-refractivity contribution in [1.82, 2.24) is 0 Å². The summed E-state index contributed by atoms with van der Waals surface area (Å²) in [7, 11) is -8.28. The second-order valence-electron chi connectivity index (χ2n) is 0.612. The summed E-state index contributed by atoms with van der Waals surface area (Å²) in [5.74, 6) is 0. The molecular weight excluding hydrogens is 222 g/mol. The van der Waals surface area contributed by atoms with Crippen LogP contribution in [-0.4, -0.2) is 30.1 Å². The van der Waals surface area contributed by atoms with Gasteiger partial charge in [-0.05, 0) is 0 Å². The molecule has 0 atom stereocenters. The topological polar surface area (TPSA) is 131 Å². The van der Waals surface area contributed by atoms with Gasteiger partial charge < -0.3 is 9.11 Å². The number of hydrogen-bond donors (Lipinski definition) is 0. The summed E-state index contributed by atoms with van der Waals surface area (Å²) >= 11 is 0. The molecule has 0 saturated heterocycles. The second-order valence-corrected chi connectivity index (χ2v) is 1.84. The summed E-state index contributed by atoms with van der Waals surface area (Å²) in [6.45, 7) is 0. The molecule has 0 heterocycles. The quantitative estimate of drug-likeness (QED) is 0.226. The Morgan fingerprint density at radius 2 is 0.909 bits per heavy atom. The van der Waals surface area contributed by atoms with E-state index in [9.17, 15) is 0 Å². The molecule has 0 fully saturated rings. The van der Waals surface area contributed by atoms with E-state index in [4.69, 9.17) is 30.1 Å². The third-order valence-corrected chi connectivity index (χ3v) is 0. The normalized spacial score (nSPS) is 7.45. The van der Waals surface area contributed by atoms with E-state index in [1.807, 2.05) is 0 Å². The van der Waals surface area contributed by atoms with Crippen molar-refractivity contribution < 1.29 is 89.3 Å². The fraction of sp³-hybridized carbons (Fsp3) is 0. The minimum absolute atomic E-state index is 0. The summed E-state index contributed by atoms with van der Waals surface area (Å²) in [4.78, 5) is 0. The van der Waals surface area contributed by atoms with Crippen LogP contribution in [0.1, 0.15) is 0 Å². The third-order valence-electron chi connectivity index (χ3n) is 0. The zero-order valence-corrected chi connectivity index (χ0v) is 11.3. The summed E-state index contributed by atoms with van der Waals surface area (Å²) in [6.07, 6.45) is 0. The summed E-state index contributed by atoms with van der Waals surface area (Å²) < 4.78 is 59.4. The molecule has 11 heavy (non-hydrogen) atoms. The Hall–Kier alpha value is 1.49. The monoisotopic (exact) mass is 222 g/mol. The molecule has 0 N–H and O–H groups in total. The molecule has 0 bridgehead atoms. The molecule has 0 aliphatic heterocycles. The smallest absolute Gasteiger partial charge is 0.759 e. The van der Waals surface area contributed by atoms with Gasteiger partial charge in [0.05, 0.1) is 0 Å². The summed E-state index contributed by atoms with van der Waals surface area (Å²) in [6, 6.07) is 0. The van der Waals surface area contributed by atoms with Crippen LogP contribution >= 0.6 is 0 Å². The molecule has 0 aliphatic carbocycles. The van der Waals surface area contributed by atoms with Gasteiger partial charge in [0.25, 0.3) is 0 Å². The van der Waals surface area contributed by atoms with Gasteiger partial charge in [-0.2, -0.15) is 0 Å². The summed E-state index contributed by atoms with van der Waals surface area (Å²) in [5.41, 5.74) is 0. The fourth-order valence-corrected chi connectivity index (χ4v) is 0. The molecule has 0 saturated carbocycles. The zero-order valence-electron chi connectivity index (χ0n) is 5.67. The van der Waals surface area contributed by atoms with Gasteiger partial charge in [0.2, 0.25) is 0 Å². The van der Waals surface area contributed by atoms with Crippen LogP contribution in [0, 0.1) is 0 Å². The average molecular weight is 222 g/mol. The molecule has 0 radical (unpaired) electrons. The molecule has 0 spiro atoms. The Labute approximate surface area is 109 Å². The van der Waals surface area contributed by atoms with Gasteiger partial charge >= 0.3 is 69.7 Å². The maximum Gasteiger partial charge on any atom is 1.00 e. The minimum atomic E-state index is -5.17. The Morgan fingerprint density at radius 3 is 0.909 bits per heavy atom. The van der Waals surface area contributed by atoms with E-state index < -0.39 is 21.0 Å². The Balaban J connectivity index is -0.0000000383. The van der Waals surface area contributed by atoms with Gasteiger partial charge in [-0.15, -0.1) is 12.6 Å². The first-order chi connectivity index (χ1) is 3.73. The molecule has 56 valence electrons. The van der Waals surface area contributed by atoms with Gasteiger partial charge in [-0.3, -0.25) is 8.42 Å². The van der Waals surface area contributed by atoms with Gasteiger partial charge in [0, 0.05) is 10.4 Å². The van der Waals surface area contributed by atoms with Crippen molar-refractivity contribution in [2.75, 3.05) is 0 Å². The Kier molecular flexibility index (Phi) is 23.9. The van der Waals surface area contributed by atoms with Crippen LogP contribution in [0.15, 0.2) is 0 Å². The number of rotatable bonds is 0. The van der Waals surface area contributed by atoms with Gasteiger partial charge in [-0.25, -0.2) is 0 Å². The van der Waals surface area contributed by atoms with Crippen molar-refractivity contribution >= 4 is 21.0 Å². The maximum atomic E-state index is 8.52. The van der Waals surface area contributed by atoms with E-state index in [1.54, 1.807) is 0 Å². The van der Waals surface area contributed by atoms with Gasteiger partial charge in [0.1, 0.15) is 0 Å². The van der Waals surface area contributed by atoms with Crippen LogP contribution in [0.2, 0.25) is 0 Å². The van der Waals surface area contributed by atoms with Crippen molar-refractivity contribution in [3.05, 3.63) is 0 Å². The van der Waals surface area contributed by atoms with Crippen molar-refractivity contribution in [2.45, 2.75) is 0 Å². The molecule has 0 aromatic rings. The van der Waals surface area contributed by atoms with Gasteiger partial charge in [0.15, 0.2) is 0 Å². The van der Waals surface area contributed by atoms with Crippen molar-refractivity contribution in [1.29, 1.82) is 0 Å². The maximum absolute atomic E-state index is 8.52. The fourth-order valence-electron chi connectivity index (χ4n) is 0. The predicted octanol–water partition coefficient (Wildman–Crippen LogP) is -8.33. The minimum Gasteiger partial charge on any atom is -0.759 e. The van der Waals surface area contributed by atoms with Crippen LogP contribution in [0.3, 0.4) is 0 Å². The Morgan fingerprint density at radius 1 is 0.909 bits per heavy atom. The van der Waals surface area contributed by atoms with Crippen molar-refractivity contribution in [3.8, 4) is 0 Å². The van der Waals surface area contributed by atoms with Crippen molar-refractivity contribution in [3.63, 3.8) is 0 Å². The second kappa shape index (κ2) is 11.5. The first kappa shape index (κ1) is 22.9. The van der Waals surface area contributed by atoms with E-state index in [-0.39, 0.29) is 59.1 Å². The Bertz CT molecular complexity index is 227. The largest absolute Gasteiger partial charge is 1.00 e. The van der Waals surface area contributed by atoms with E-state index in [0.29, 0.717) is 0 Å². The third kappa shape index (κ3) is 466. The van der Waals surface area contributed by atoms with Crippen LogP contribution in [0.5, 0.6) is 0 Å². The van der Waals surface area contributed by atoms with Gasteiger partial charge in [-0.1, -0.05) is 0 Å².